The average Bonchev–Trinajstić information content (AvgIpc) is 3.18. The molecule has 28 heavy (non-hydrogen) atoms. The summed E-state index contributed by atoms with van der Waals surface area (Å²) in [4.78, 5) is 18.9. The number of rotatable bonds is 8. The predicted octanol–water partition coefficient (Wildman–Crippen LogP) is 4.46. The molecule has 0 spiro atoms. The molecule has 1 amide bonds. The topological polar surface area (TPSA) is 71.3 Å². The van der Waals surface area contributed by atoms with Gasteiger partial charge in [0.1, 0.15) is 0 Å². The van der Waals surface area contributed by atoms with E-state index in [9.17, 15) is 4.79 Å². The van der Waals surface area contributed by atoms with E-state index in [1.807, 2.05) is 55.5 Å². The Morgan fingerprint density at radius 2 is 1.71 bits per heavy atom. The lowest BCUT2D eigenvalue weighted by Gasteiger charge is -2.21. The molecule has 0 radical (unpaired) electrons. The van der Waals surface area contributed by atoms with Crippen LogP contribution in [0.15, 0.2) is 53.1 Å². The van der Waals surface area contributed by atoms with Crippen LogP contribution < -0.4 is 10.2 Å². The zero-order chi connectivity index (χ0) is 19.9. The van der Waals surface area contributed by atoms with Crippen LogP contribution in [0.5, 0.6) is 0 Å². The summed E-state index contributed by atoms with van der Waals surface area (Å²) in [5, 5.41) is 6.91. The van der Waals surface area contributed by atoms with E-state index in [-0.39, 0.29) is 12.3 Å². The van der Waals surface area contributed by atoms with E-state index in [0.29, 0.717) is 18.1 Å². The maximum Gasteiger partial charge on any atom is 0.227 e. The van der Waals surface area contributed by atoms with E-state index in [2.05, 4.69) is 34.2 Å². The minimum Gasteiger partial charge on any atom is -0.372 e. The first kappa shape index (κ1) is 19.6. The molecule has 2 aromatic carbocycles. The van der Waals surface area contributed by atoms with E-state index in [1.54, 1.807) is 0 Å². The van der Waals surface area contributed by atoms with Gasteiger partial charge in [-0.1, -0.05) is 35.0 Å². The first-order valence-corrected chi connectivity index (χ1v) is 9.63. The first-order valence-electron chi connectivity index (χ1n) is 9.63. The molecule has 0 saturated heterocycles. The number of anilines is 2. The maximum atomic E-state index is 12.2. The van der Waals surface area contributed by atoms with Crippen LogP contribution in [0.2, 0.25) is 0 Å². The van der Waals surface area contributed by atoms with Gasteiger partial charge in [0, 0.05) is 42.9 Å². The largest absolute Gasteiger partial charge is 0.372 e. The highest BCUT2D eigenvalue weighted by atomic mass is 16.5. The van der Waals surface area contributed by atoms with Crippen molar-refractivity contribution < 1.29 is 9.32 Å². The molecule has 0 bridgehead atoms. The quantitative estimate of drug-likeness (QED) is 0.626. The first-order chi connectivity index (χ1) is 13.6. The van der Waals surface area contributed by atoms with Crippen molar-refractivity contribution in [1.82, 2.24) is 10.1 Å². The summed E-state index contributed by atoms with van der Waals surface area (Å²) in [7, 11) is 0. The fourth-order valence-electron chi connectivity index (χ4n) is 2.96. The van der Waals surface area contributed by atoms with E-state index < -0.39 is 0 Å². The lowest BCUT2D eigenvalue weighted by Crippen LogP contribution is -2.21. The molecule has 6 nitrogen and oxygen atoms in total. The van der Waals surface area contributed by atoms with Crippen molar-refractivity contribution in [3.05, 3.63) is 60.0 Å². The Morgan fingerprint density at radius 1 is 1.04 bits per heavy atom. The molecule has 0 fully saturated rings. The van der Waals surface area contributed by atoms with Crippen molar-refractivity contribution in [3.63, 3.8) is 0 Å². The van der Waals surface area contributed by atoms with Gasteiger partial charge in [-0.3, -0.25) is 4.79 Å². The third-order valence-corrected chi connectivity index (χ3v) is 4.62. The highest BCUT2D eigenvalue weighted by Crippen LogP contribution is 2.19. The molecule has 3 aromatic rings. The Bertz CT molecular complexity index is 897. The fourth-order valence-corrected chi connectivity index (χ4v) is 2.96. The van der Waals surface area contributed by atoms with Crippen LogP contribution >= 0.6 is 0 Å². The molecule has 0 unspecified atom stereocenters. The summed E-state index contributed by atoms with van der Waals surface area (Å²) < 4.78 is 5.27. The Morgan fingerprint density at radius 3 is 2.36 bits per heavy atom. The summed E-state index contributed by atoms with van der Waals surface area (Å²) in [5.74, 6) is 0.927. The van der Waals surface area contributed by atoms with E-state index in [1.165, 1.54) is 5.56 Å². The van der Waals surface area contributed by atoms with Crippen LogP contribution in [-0.4, -0.2) is 29.1 Å². The number of benzene rings is 2. The van der Waals surface area contributed by atoms with Crippen LogP contribution in [0.3, 0.4) is 0 Å². The van der Waals surface area contributed by atoms with Crippen LogP contribution in [0.4, 0.5) is 11.4 Å². The van der Waals surface area contributed by atoms with Crippen LogP contribution in [0, 0.1) is 6.92 Å². The van der Waals surface area contributed by atoms with Gasteiger partial charge in [0.05, 0.1) is 0 Å². The van der Waals surface area contributed by atoms with Crippen LogP contribution in [0.1, 0.15) is 31.7 Å². The van der Waals surface area contributed by atoms with Gasteiger partial charge < -0.3 is 14.7 Å². The summed E-state index contributed by atoms with van der Waals surface area (Å²) in [6.07, 6.45) is 0.690. The fraction of sp³-hybridized carbons (Fsp3) is 0.318. The monoisotopic (exact) mass is 378 g/mol. The molecule has 1 N–H and O–H groups in total. The summed E-state index contributed by atoms with van der Waals surface area (Å²) in [6.45, 7) is 8.19. The Hall–Kier alpha value is -3.15. The average molecular weight is 378 g/mol. The molecular formula is C22H26N4O2. The van der Waals surface area contributed by atoms with Crippen molar-refractivity contribution in [2.45, 2.75) is 33.6 Å². The molecule has 0 aliphatic heterocycles. The molecule has 0 saturated carbocycles. The molecular weight excluding hydrogens is 352 g/mol. The van der Waals surface area contributed by atoms with E-state index >= 15 is 0 Å². The summed E-state index contributed by atoms with van der Waals surface area (Å²) in [6, 6.07) is 15.8. The number of hydrogen-bond acceptors (Lipinski definition) is 5. The lowest BCUT2D eigenvalue weighted by molar-refractivity contribution is -0.116. The SMILES string of the molecule is CCN(CC)c1ccc(NC(=O)CCc2nc(-c3ccc(C)cc3)no2)cc1. The zero-order valence-corrected chi connectivity index (χ0v) is 16.6. The smallest absolute Gasteiger partial charge is 0.227 e. The Balaban J connectivity index is 1.52. The highest BCUT2D eigenvalue weighted by Gasteiger charge is 2.11. The number of carbonyl (C=O) groups excluding carboxylic acids is 1. The van der Waals surface area contributed by atoms with Gasteiger partial charge >= 0.3 is 0 Å². The number of aryl methyl sites for hydroxylation is 2. The van der Waals surface area contributed by atoms with E-state index in [0.717, 1.165) is 30.0 Å². The Kier molecular flexibility index (Phi) is 6.42. The predicted molar refractivity (Wildman–Crippen MR) is 111 cm³/mol. The normalized spacial score (nSPS) is 10.7. The number of nitrogens with one attached hydrogen (secondary N) is 1. The van der Waals surface area contributed by atoms with Gasteiger partial charge in [-0.05, 0) is 45.0 Å². The number of nitrogens with zero attached hydrogens (tertiary/aromatic N) is 3. The number of hydrogen-bond donors (Lipinski definition) is 1. The van der Waals surface area contributed by atoms with Crippen molar-refractivity contribution in [2.24, 2.45) is 0 Å². The van der Waals surface area contributed by atoms with Gasteiger partial charge in [-0.2, -0.15) is 4.98 Å². The highest BCUT2D eigenvalue weighted by molar-refractivity contribution is 5.90. The molecule has 1 heterocycles. The van der Waals surface area contributed by atoms with Gasteiger partial charge in [-0.25, -0.2) is 0 Å². The number of carbonyl (C=O) groups is 1. The van der Waals surface area contributed by atoms with Gasteiger partial charge in [0.15, 0.2) is 0 Å². The third kappa shape index (κ3) is 4.97. The molecule has 6 heteroatoms. The third-order valence-electron chi connectivity index (χ3n) is 4.62. The maximum absolute atomic E-state index is 12.2. The minimum atomic E-state index is -0.0781. The summed E-state index contributed by atoms with van der Waals surface area (Å²) in [5.41, 5.74) is 4.01. The second kappa shape index (κ2) is 9.17. The van der Waals surface area contributed by atoms with Crippen LogP contribution in [0.25, 0.3) is 11.4 Å². The molecule has 0 atom stereocenters. The second-order valence-corrected chi connectivity index (χ2v) is 6.65. The second-order valence-electron chi connectivity index (χ2n) is 6.65. The van der Waals surface area contributed by atoms with Crippen molar-refractivity contribution in [1.29, 1.82) is 0 Å². The molecule has 1 aromatic heterocycles. The number of amides is 1. The van der Waals surface area contributed by atoms with Crippen molar-refractivity contribution in [2.75, 3.05) is 23.3 Å². The minimum absolute atomic E-state index is 0.0781. The van der Waals surface area contributed by atoms with Gasteiger partial charge in [-0.15, -0.1) is 0 Å². The molecule has 0 aliphatic carbocycles. The van der Waals surface area contributed by atoms with Gasteiger partial charge in [0.2, 0.25) is 17.6 Å². The lowest BCUT2D eigenvalue weighted by atomic mass is 10.1. The molecule has 3 rings (SSSR count). The van der Waals surface area contributed by atoms with E-state index in [4.69, 9.17) is 4.52 Å². The standard InChI is InChI=1S/C22H26N4O2/c1-4-26(5-2)19-12-10-18(11-13-19)23-20(27)14-15-21-24-22(25-28-21)17-8-6-16(3)7-9-17/h6-13H,4-5,14-15H2,1-3H3,(H,23,27). The zero-order valence-electron chi connectivity index (χ0n) is 16.6. The Labute approximate surface area is 165 Å². The summed E-state index contributed by atoms with van der Waals surface area (Å²) >= 11 is 0. The van der Waals surface area contributed by atoms with Crippen LogP contribution in [-0.2, 0) is 11.2 Å². The van der Waals surface area contributed by atoms with Crippen molar-refractivity contribution in [3.8, 4) is 11.4 Å². The molecule has 146 valence electrons. The number of aromatic nitrogens is 2. The van der Waals surface area contributed by atoms with Gasteiger partial charge in [0.25, 0.3) is 0 Å². The molecule has 0 aliphatic rings. The van der Waals surface area contributed by atoms with Crippen molar-refractivity contribution >= 4 is 17.3 Å².